The maximum absolute atomic E-state index is 13.0. The van der Waals surface area contributed by atoms with Crippen molar-refractivity contribution < 1.29 is 27.5 Å². The first-order valence-corrected chi connectivity index (χ1v) is 4.78. The number of alkyl halides is 3. The molecule has 16 heavy (non-hydrogen) atoms. The number of carboxylic acids is 1. The Morgan fingerprint density at radius 2 is 1.94 bits per heavy atom. The van der Waals surface area contributed by atoms with Gasteiger partial charge in [0.25, 0.3) is 0 Å². The standard InChI is InChI=1S/C9H5BrF4O2/c10-6-3-7(11)5(9(12,13)14)1-4(6)2-8(15)16/h1,3H,2H2,(H,15,16). The fourth-order valence-corrected chi connectivity index (χ4v) is 1.57. The van der Waals surface area contributed by atoms with Crippen LogP contribution in [-0.4, -0.2) is 11.1 Å². The van der Waals surface area contributed by atoms with Gasteiger partial charge >= 0.3 is 12.1 Å². The van der Waals surface area contributed by atoms with Gasteiger partial charge in [0.2, 0.25) is 0 Å². The van der Waals surface area contributed by atoms with Crippen LogP contribution in [0.4, 0.5) is 17.6 Å². The molecule has 7 heteroatoms. The summed E-state index contributed by atoms with van der Waals surface area (Å²) in [5, 5.41) is 8.46. The number of carboxylic acid groups (broad SMARTS) is 1. The van der Waals surface area contributed by atoms with Gasteiger partial charge in [-0.2, -0.15) is 13.2 Å². The van der Waals surface area contributed by atoms with Gasteiger partial charge in [-0.05, 0) is 17.7 Å². The molecule has 1 aromatic carbocycles. The molecule has 1 N–H and O–H groups in total. The van der Waals surface area contributed by atoms with Crippen molar-refractivity contribution in [3.05, 3.63) is 33.5 Å². The van der Waals surface area contributed by atoms with Crippen molar-refractivity contribution in [2.24, 2.45) is 0 Å². The van der Waals surface area contributed by atoms with E-state index in [-0.39, 0.29) is 10.0 Å². The highest BCUT2D eigenvalue weighted by Crippen LogP contribution is 2.34. The van der Waals surface area contributed by atoms with Gasteiger partial charge in [-0.3, -0.25) is 4.79 Å². The molecular formula is C9H5BrF4O2. The number of carbonyl (C=O) groups is 1. The molecule has 0 saturated heterocycles. The average Bonchev–Trinajstić information content (AvgIpc) is 2.06. The zero-order chi connectivity index (χ0) is 12.5. The van der Waals surface area contributed by atoms with Crippen LogP contribution >= 0.6 is 15.9 Å². The topological polar surface area (TPSA) is 37.3 Å². The highest BCUT2D eigenvalue weighted by atomic mass is 79.9. The van der Waals surface area contributed by atoms with Crippen LogP contribution in [0.15, 0.2) is 16.6 Å². The monoisotopic (exact) mass is 300 g/mol. The molecule has 2 nitrogen and oxygen atoms in total. The number of halogens is 5. The summed E-state index contributed by atoms with van der Waals surface area (Å²) in [6, 6.07) is 1.11. The molecule has 0 fully saturated rings. The summed E-state index contributed by atoms with van der Waals surface area (Å²) in [6.45, 7) is 0. The van der Waals surface area contributed by atoms with Crippen LogP contribution in [0.5, 0.6) is 0 Å². The van der Waals surface area contributed by atoms with E-state index in [0.717, 1.165) is 0 Å². The van der Waals surface area contributed by atoms with Gasteiger partial charge in [-0.15, -0.1) is 0 Å². The van der Waals surface area contributed by atoms with E-state index in [0.29, 0.717) is 12.1 Å². The van der Waals surface area contributed by atoms with E-state index in [1.54, 1.807) is 0 Å². The molecule has 0 aromatic heterocycles. The fourth-order valence-electron chi connectivity index (χ4n) is 1.11. The van der Waals surface area contributed by atoms with Crippen molar-refractivity contribution in [2.75, 3.05) is 0 Å². The first kappa shape index (κ1) is 13.0. The van der Waals surface area contributed by atoms with E-state index in [4.69, 9.17) is 5.11 Å². The quantitative estimate of drug-likeness (QED) is 0.852. The van der Waals surface area contributed by atoms with E-state index in [2.05, 4.69) is 15.9 Å². The minimum atomic E-state index is -4.84. The van der Waals surface area contributed by atoms with Crippen molar-refractivity contribution in [3.63, 3.8) is 0 Å². The molecule has 0 radical (unpaired) electrons. The number of hydrogen-bond donors (Lipinski definition) is 1. The second kappa shape index (κ2) is 4.40. The van der Waals surface area contributed by atoms with Crippen LogP contribution in [0, 0.1) is 5.82 Å². The van der Waals surface area contributed by atoms with Gasteiger partial charge in [0.05, 0.1) is 12.0 Å². The molecule has 1 rings (SSSR count). The Labute approximate surface area is 96.0 Å². The third kappa shape index (κ3) is 2.94. The zero-order valence-corrected chi connectivity index (χ0v) is 9.19. The minimum Gasteiger partial charge on any atom is -0.481 e. The van der Waals surface area contributed by atoms with Crippen molar-refractivity contribution in [2.45, 2.75) is 12.6 Å². The second-order valence-corrected chi connectivity index (χ2v) is 3.85. The molecule has 0 atom stereocenters. The fraction of sp³-hybridized carbons (Fsp3) is 0.222. The average molecular weight is 301 g/mol. The predicted molar refractivity (Wildman–Crippen MR) is 50.4 cm³/mol. The Kier molecular flexibility index (Phi) is 3.57. The molecular weight excluding hydrogens is 296 g/mol. The molecule has 0 aliphatic rings. The van der Waals surface area contributed by atoms with E-state index in [9.17, 15) is 22.4 Å². The highest BCUT2D eigenvalue weighted by Gasteiger charge is 2.34. The molecule has 0 saturated carbocycles. The first-order chi connectivity index (χ1) is 7.21. The summed E-state index contributed by atoms with van der Waals surface area (Å²) in [6.07, 6.45) is -5.44. The molecule has 0 spiro atoms. The normalized spacial score (nSPS) is 11.6. The molecule has 1 aromatic rings. The van der Waals surface area contributed by atoms with Gasteiger partial charge < -0.3 is 5.11 Å². The van der Waals surface area contributed by atoms with Gasteiger partial charge in [-0.1, -0.05) is 15.9 Å². The van der Waals surface area contributed by atoms with Gasteiger partial charge in [0.1, 0.15) is 5.82 Å². The third-order valence-electron chi connectivity index (χ3n) is 1.78. The molecule has 0 heterocycles. The Balaban J connectivity index is 3.27. The molecule has 88 valence electrons. The van der Waals surface area contributed by atoms with Crippen molar-refractivity contribution in [3.8, 4) is 0 Å². The number of rotatable bonds is 2. The minimum absolute atomic E-state index is 0.000370. The largest absolute Gasteiger partial charge is 0.481 e. The van der Waals surface area contributed by atoms with Crippen LogP contribution in [0.2, 0.25) is 0 Å². The van der Waals surface area contributed by atoms with E-state index >= 15 is 0 Å². The van der Waals surface area contributed by atoms with Crippen LogP contribution in [0.3, 0.4) is 0 Å². The molecule has 0 unspecified atom stereocenters. The van der Waals surface area contributed by atoms with Crippen LogP contribution in [-0.2, 0) is 17.4 Å². The Hall–Kier alpha value is -1.11. The first-order valence-electron chi connectivity index (χ1n) is 3.98. The summed E-state index contributed by atoms with van der Waals surface area (Å²) < 4.78 is 49.9. The SMILES string of the molecule is O=C(O)Cc1cc(C(F)(F)F)c(F)cc1Br. The third-order valence-corrected chi connectivity index (χ3v) is 2.52. The van der Waals surface area contributed by atoms with Gasteiger partial charge in [0.15, 0.2) is 0 Å². The maximum Gasteiger partial charge on any atom is 0.419 e. The number of aliphatic carboxylic acids is 1. The second-order valence-electron chi connectivity index (χ2n) is 2.99. The number of benzene rings is 1. The highest BCUT2D eigenvalue weighted by molar-refractivity contribution is 9.10. The van der Waals surface area contributed by atoms with E-state index in [1.807, 2.05) is 0 Å². The Bertz CT molecular complexity index is 428. The van der Waals surface area contributed by atoms with E-state index in [1.165, 1.54) is 0 Å². The summed E-state index contributed by atoms with van der Waals surface area (Å²) in [5.41, 5.74) is -1.59. The van der Waals surface area contributed by atoms with Crippen molar-refractivity contribution in [1.29, 1.82) is 0 Å². The van der Waals surface area contributed by atoms with Crippen molar-refractivity contribution >= 4 is 21.9 Å². The van der Waals surface area contributed by atoms with Crippen LogP contribution < -0.4 is 0 Å². The lowest BCUT2D eigenvalue weighted by Gasteiger charge is -2.10. The summed E-state index contributed by atoms with van der Waals surface area (Å²) >= 11 is 2.81. The lowest BCUT2D eigenvalue weighted by atomic mass is 10.1. The lowest BCUT2D eigenvalue weighted by molar-refractivity contribution is -0.140. The van der Waals surface area contributed by atoms with Crippen molar-refractivity contribution in [1.82, 2.24) is 0 Å². The van der Waals surface area contributed by atoms with Crippen LogP contribution in [0.1, 0.15) is 11.1 Å². The lowest BCUT2D eigenvalue weighted by Crippen LogP contribution is -2.10. The summed E-state index contributed by atoms with van der Waals surface area (Å²) in [7, 11) is 0. The smallest absolute Gasteiger partial charge is 0.419 e. The Morgan fingerprint density at radius 1 is 1.38 bits per heavy atom. The maximum atomic E-state index is 13.0. The molecule has 0 aliphatic carbocycles. The Morgan fingerprint density at radius 3 is 2.38 bits per heavy atom. The van der Waals surface area contributed by atoms with Gasteiger partial charge in [-0.25, -0.2) is 4.39 Å². The van der Waals surface area contributed by atoms with E-state index < -0.39 is 29.9 Å². The molecule has 0 amide bonds. The molecule has 0 bridgehead atoms. The van der Waals surface area contributed by atoms with Crippen LogP contribution in [0.25, 0.3) is 0 Å². The number of hydrogen-bond acceptors (Lipinski definition) is 1. The predicted octanol–water partition coefficient (Wildman–Crippen LogP) is 3.23. The molecule has 0 aliphatic heterocycles. The summed E-state index contributed by atoms with van der Waals surface area (Å²) in [4.78, 5) is 10.4. The summed E-state index contributed by atoms with van der Waals surface area (Å²) in [5.74, 6) is -2.73. The van der Waals surface area contributed by atoms with Gasteiger partial charge in [0, 0.05) is 4.47 Å². The zero-order valence-electron chi connectivity index (χ0n) is 7.61.